The van der Waals surface area contributed by atoms with Crippen molar-refractivity contribution in [3.63, 3.8) is 0 Å². The van der Waals surface area contributed by atoms with Crippen molar-refractivity contribution in [3.05, 3.63) is 58.9 Å². The molecule has 0 N–H and O–H groups in total. The van der Waals surface area contributed by atoms with Crippen LogP contribution in [0.2, 0.25) is 0 Å². The topological polar surface area (TPSA) is 52.7 Å². The Morgan fingerprint density at radius 3 is 2.73 bits per heavy atom. The SMILES string of the molecule is CCN(Cc1ccccc1)Cn1nc(-c2ccc3c(c2)OCO3)oc1=S. The molecule has 2 heterocycles. The summed E-state index contributed by atoms with van der Waals surface area (Å²) in [6.07, 6.45) is 0. The minimum Gasteiger partial charge on any atom is -0.454 e. The second kappa shape index (κ2) is 7.31. The average molecular weight is 369 g/mol. The van der Waals surface area contributed by atoms with Gasteiger partial charge in [0.2, 0.25) is 12.7 Å². The van der Waals surface area contributed by atoms with Crippen LogP contribution in [-0.2, 0) is 13.2 Å². The number of hydrogen-bond donors (Lipinski definition) is 0. The van der Waals surface area contributed by atoms with Crippen molar-refractivity contribution in [1.82, 2.24) is 14.7 Å². The molecule has 134 valence electrons. The third-order valence-electron chi connectivity index (χ3n) is 4.26. The Kier molecular flexibility index (Phi) is 4.73. The van der Waals surface area contributed by atoms with Crippen molar-refractivity contribution in [2.24, 2.45) is 0 Å². The van der Waals surface area contributed by atoms with Crippen molar-refractivity contribution in [2.45, 2.75) is 20.1 Å². The second-order valence-electron chi connectivity index (χ2n) is 6.01. The van der Waals surface area contributed by atoms with Gasteiger partial charge in [-0.15, -0.1) is 5.10 Å². The van der Waals surface area contributed by atoms with Crippen LogP contribution in [0.15, 0.2) is 52.9 Å². The summed E-state index contributed by atoms with van der Waals surface area (Å²) in [6, 6.07) is 15.9. The lowest BCUT2D eigenvalue weighted by Crippen LogP contribution is -2.26. The molecule has 0 radical (unpaired) electrons. The number of hydrogen-bond acceptors (Lipinski definition) is 6. The minimum atomic E-state index is 0.238. The Balaban J connectivity index is 1.53. The molecule has 0 saturated heterocycles. The molecule has 26 heavy (non-hydrogen) atoms. The van der Waals surface area contributed by atoms with Gasteiger partial charge in [0.05, 0.1) is 6.67 Å². The third kappa shape index (κ3) is 3.49. The highest BCUT2D eigenvalue weighted by atomic mass is 32.1. The maximum absolute atomic E-state index is 5.70. The summed E-state index contributed by atoms with van der Waals surface area (Å²) in [5, 5.41) is 4.54. The molecule has 4 rings (SSSR count). The van der Waals surface area contributed by atoms with Crippen LogP contribution in [0.1, 0.15) is 12.5 Å². The van der Waals surface area contributed by atoms with Gasteiger partial charge in [-0.3, -0.25) is 4.90 Å². The zero-order chi connectivity index (χ0) is 17.9. The summed E-state index contributed by atoms with van der Waals surface area (Å²) in [6.45, 7) is 4.62. The van der Waals surface area contributed by atoms with E-state index in [1.54, 1.807) is 4.68 Å². The Bertz CT molecular complexity index is 952. The first-order valence-electron chi connectivity index (χ1n) is 8.47. The molecule has 2 aromatic carbocycles. The number of rotatable bonds is 6. The highest BCUT2D eigenvalue weighted by molar-refractivity contribution is 7.71. The molecule has 7 heteroatoms. The van der Waals surface area contributed by atoms with Crippen molar-refractivity contribution < 1.29 is 13.9 Å². The molecule has 1 aliphatic heterocycles. The lowest BCUT2D eigenvalue weighted by atomic mass is 10.2. The summed E-state index contributed by atoms with van der Waals surface area (Å²) in [7, 11) is 0. The van der Waals surface area contributed by atoms with Crippen molar-refractivity contribution in [1.29, 1.82) is 0 Å². The fourth-order valence-corrected chi connectivity index (χ4v) is 3.01. The maximum atomic E-state index is 5.70. The van der Waals surface area contributed by atoms with Gasteiger partial charge in [-0.2, -0.15) is 0 Å². The molecule has 6 nitrogen and oxygen atoms in total. The fraction of sp³-hybridized carbons (Fsp3) is 0.263. The number of ether oxygens (including phenoxy) is 2. The molecule has 0 saturated carbocycles. The molecule has 0 unspecified atom stereocenters. The predicted octanol–water partition coefficient (Wildman–Crippen LogP) is 4.08. The van der Waals surface area contributed by atoms with E-state index in [9.17, 15) is 0 Å². The molecule has 0 atom stereocenters. The largest absolute Gasteiger partial charge is 0.454 e. The van der Waals surface area contributed by atoms with Gasteiger partial charge in [0.15, 0.2) is 11.5 Å². The Labute approximate surface area is 156 Å². The smallest absolute Gasteiger partial charge is 0.288 e. The Morgan fingerprint density at radius 1 is 1.12 bits per heavy atom. The molecule has 0 bridgehead atoms. The monoisotopic (exact) mass is 369 g/mol. The lowest BCUT2D eigenvalue weighted by Gasteiger charge is -2.19. The number of benzene rings is 2. The summed E-state index contributed by atoms with van der Waals surface area (Å²) in [4.78, 5) is 2.60. The van der Waals surface area contributed by atoms with Crippen LogP contribution in [0.5, 0.6) is 11.5 Å². The average Bonchev–Trinajstić information content (AvgIpc) is 3.28. The van der Waals surface area contributed by atoms with E-state index in [1.165, 1.54) is 5.56 Å². The first-order chi connectivity index (χ1) is 12.7. The van der Waals surface area contributed by atoms with Crippen LogP contribution in [-0.4, -0.2) is 28.0 Å². The number of nitrogens with zero attached hydrogens (tertiary/aromatic N) is 3. The van der Waals surface area contributed by atoms with Gasteiger partial charge in [-0.1, -0.05) is 37.3 Å². The molecule has 0 spiro atoms. The van der Waals surface area contributed by atoms with E-state index in [4.69, 9.17) is 26.1 Å². The highest BCUT2D eigenvalue weighted by Crippen LogP contribution is 2.35. The number of fused-ring (bicyclic) bond motifs is 1. The van der Waals surface area contributed by atoms with Gasteiger partial charge in [-0.25, -0.2) is 4.68 Å². The van der Waals surface area contributed by atoms with Crippen molar-refractivity contribution in [2.75, 3.05) is 13.3 Å². The molecule has 3 aromatic rings. The molecular formula is C19H19N3O3S. The molecular weight excluding hydrogens is 350 g/mol. The number of aromatic nitrogens is 2. The summed E-state index contributed by atoms with van der Waals surface area (Å²) in [5.74, 6) is 1.90. The van der Waals surface area contributed by atoms with E-state index in [0.717, 1.165) is 24.4 Å². The molecule has 0 fully saturated rings. The van der Waals surface area contributed by atoms with Crippen LogP contribution in [0.4, 0.5) is 0 Å². The highest BCUT2D eigenvalue weighted by Gasteiger charge is 2.17. The van der Waals surface area contributed by atoms with Gasteiger partial charge in [0, 0.05) is 12.1 Å². The van der Waals surface area contributed by atoms with Crippen LogP contribution in [0, 0.1) is 4.84 Å². The molecule has 1 aromatic heterocycles. The second-order valence-corrected chi connectivity index (χ2v) is 6.36. The van der Waals surface area contributed by atoms with Gasteiger partial charge in [0.1, 0.15) is 0 Å². The third-order valence-corrected chi connectivity index (χ3v) is 4.55. The van der Waals surface area contributed by atoms with E-state index in [0.29, 0.717) is 23.1 Å². The summed E-state index contributed by atoms with van der Waals surface area (Å²) >= 11 is 5.35. The Morgan fingerprint density at radius 2 is 1.92 bits per heavy atom. The van der Waals surface area contributed by atoms with E-state index in [1.807, 2.05) is 36.4 Å². The van der Waals surface area contributed by atoms with Gasteiger partial charge >= 0.3 is 0 Å². The fourth-order valence-electron chi connectivity index (χ4n) is 2.83. The Hall–Kier alpha value is -2.64. The first-order valence-corrected chi connectivity index (χ1v) is 8.88. The van der Waals surface area contributed by atoms with Gasteiger partial charge in [-0.05, 0) is 42.5 Å². The van der Waals surface area contributed by atoms with Gasteiger partial charge < -0.3 is 13.9 Å². The predicted molar refractivity (Wildman–Crippen MR) is 99.4 cm³/mol. The van der Waals surface area contributed by atoms with Crippen LogP contribution in [0.3, 0.4) is 0 Å². The quantitative estimate of drug-likeness (QED) is 0.610. The van der Waals surface area contributed by atoms with E-state index >= 15 is 0 Å². The zero-order valence-electron chi connectivity index (χ0n) is 14.4. The summed E-state index contributed by atoms with van der Waals surface area (Å²) < 4.78 is 18.2. The normalized spacial score (nSPS) is 12.7. The van der Waals surface area contributed by atoms with E-state index in [2.05, 4.69) is 29.1 Å². The summed E-state index contributed by atoms with van der Waals surface area (Å²) in [5.41, 5.74) is 2.06. The maximum Gasteiger partial charge on any atom is 0.288 e. The van der Waals surface area contributed by atoms with Gasteiger partial charge in [0.25, 0.3) is 4.84 Å². The van der Waals surface area contributed by atoms with Crippen LogP contribution < -0.4 is 9.47 Å². The lowest BCUT2D eigenvalue weighted by molar-refractivity contribution is 0.174. The first kappa shape index (κ1) is 16.8. The standard InChI is InChI=1S/C19H19N3O3S/c1-2-21(11-14-6-4-3-5-7-14)12-22-19(26)25-18(20-22)15-8-9-16-17(10-15)24-13-23-16/h3-10H,2,11-13H2,1H3. The van der Waals surface area contributed by atoms with Crippen molar-refractivity contribution >= 4 is 12.2 Å². The van der Waals surface area contributed by atoms with E-state index < -0.39 is 0 Å². The molecule has 0 aliphatic carbocycles. The zero-order valence-corrected chi connectivity index (χ0v) is 15.2. The minimum absolute atomic E-state index is 0.238. The van der Waals surface area contributed by atoms with Crippen LogP contribution in [0.25, 0.3) is 11.5 Å². The molecule has 0 amide bonds. The molecule has 1 aliphatic rings. The van der Waals surface area contributed by atoms with Crippen molar-refractivity contribution in [3.8, 4) is 23.0 Å². The van der Waals surface area contributed by atoms with E-state index in [-0.39, 0.29) is 6.79 Å². The van der Waals surface area contributed by atoms with Crippen LogP contribution >= 0.6 is 12.2 Å².